The van der Waals surface area contributed by atoms with Crippen LogP contribution in [-0.2, 0) is 10.0 Å². The summed E-state index contributed by atoms with van der Waals surface area (Å²) in [5, 5.41) is 0. The third kappa shape index (κ3) is 2.93. The summed E-state index contributed by atoms with van der Waals surface area (Å²) in [6, 6.07) is 10.9. The number of benzene rings is 2. The van der Waals surface area contributed by atoms with Gasteiger partial charge in [0.05, 0.1) is 10.6 Å². The van der Waals surface area contributed by atoms with Gasteiger partial charge >= 0.3 is 0 Å². The van der Waals surface area contributed by atoms with E-state index < -0.39 is 15.8 Å². The largest absolute Gasteiger partial charge is 0.280 e. The van der Waals surface area contributed by atoms with Gasteiger partial charge in [0.15, 0.2) is 0 Å². The Labute approximate surface area is 112 Å². The quantitative estimate of drug-likeness (QED) is 0.937. The summed E-state index contributed by atoms with van der Waals surface area (Å²) in [5.41, 5.74) is 1.33. The van der Waals surface area contributed by atoms with Gasteiger partial charge in [-0.05, 0) is 43.2 Å². The average Bonchev–Trinajstić information content (AvgIpc) is 2.34. The number of hydrogen-bond acceptors (Lipinski definition) is 2. The van der Waals surface area contributed by atoms with E-state index in [1.54, 1.807) is 32.0 Å². The van der Waals surface area contributed by atoms with Crippen molar-refractivity contribution in [1.82, 2.24) is 0 Å². The van der Waals surface area contributed by atoms with Crippen molar-refractivity contribution in [2.45, 2.75) is 18.7 Å². The Morgan fingerprint density at radius 1 is 1.00 bits per heavy atom. The van der Waals surface area contributed by atoms with Crippen LogP contribution in [0.3, 0.4) is 0 Å². The molecule has 3 nitrogen and oxygen atoms in total. The molecule has 0 atom stereocenters. The van der Waals surface area contributed by atoms with E-state index in [4.69, 9.17) is 0 Å². The maximum Gasteiger partial charge on any atom is 0.262 e. The number of hydrogen-bond donors (Lipinski definition) is 1. The summed E-state index contributed by atoms with van der Waals surface area (Å²) >= 11 is 0. The summed E-state index contributed by atoms with van der Waals surface area (Å²) < 4.78 is 40.1. The maximum atomic E-state index is 13.4. The zero-order valence-corrected chi connectivity index (χ0v) is 11.5. The van der Waals surface area contributed by atoms with Gasteiger partial charge in [-0.3, -0.25) is 4.72 Å². The molecule has 0 amide bonds. The smallest absolute Gasteiger partial charge is 0.262 e. The van der Waals surface area contributed by atoms with Gasteiger partial charge in [-0.2, -0.15) is 0 Å². The SMILES string of the molecule is Cc1ccc(NS(=O)(=O)c2ccccc2C)cc1F. The second-order valence-electron chi connectivity index (χ2n) is 4.33. The van der Waals surface area contributed by atoms with Crippen LogP contribution in [0.4, 0.5) is 10.1 Å². The first-order valence-corrected chi connectivity index (χ1v) is 7.23. The van der Waals surface area contributed by atoms with Crippen molar-refractivity contribution in [3.63, 3.8) is 0 Å². The van der Waals surface area contributed by atoms with E-state index in [0.717, 1.165) is 0 Å². The molecule has 2 aromatic rings. The van der Waals surface area contributed by atoms with Crippen LogP contribution in [0.25, 0.3) is 0 Å². The molecule has 0 saturated carbocycles. The average molecular weight is 279 g/mol. The van der Waals surface area contributed by atoms with E-state index in [0.29, 0.717) is 11.1 Å². The first kappa shape index (κ1) is 13.5. The van der Waals surface area contributed by atoms with Crippen molar-refractivity contribution in [1.29, 1.82) is 0 Å². The highest BCUT2D eigenvalue weighted by Gasteiger charge is 2.16. The fourth-order valence-electron chi connectivity index (χ4n) is 1.72. The van der Waals surface area contributed by atoms with Crippen LogP contribution in [0.5, 0.6) is 0 Å². The Balaban J connectivity index is 2.37. The lowest BCUT2D eigenvalue weighted by atomic mass is 10.2. The Kier molecular flexibility index (Phi) is 3.57. The number of halogens is 1. The first-order valence-electron chi connectivity index (χ1n) is 5.75. The summed E-state index contributed by atoms with van der Waals surface area (Å²) in [7, 11) is -3.69. The fourth-order valence-corrected chi connectivity index (χ4v) is 3.02. The van der Waals surface area contributed by atoms with Gasteiger partial charge < -0.3 is 0 Å². The molecule has 0 saturated heterocycles. The second-order valence-corrected chi connectivity index (χ2v) is 5.99. The van der Waals surface area contributed by atoms with E-state index in [2.05, 4.69) is 4.72 Å². The van der Waals surface area contributed by atoms with Crippen LogP contribution in [0.2, 0.25) is 0 Å². The number of anilines is 1. The van der Waals surface area contributed by atoms with Crippen molar-refractivity contribution < 1.29 is 12.8 Å². The maximum absolute atomic E-state index is 13.4. The van der Waals surface area contributed by atoms with Crippen LogP contribution >= 0.6 is 0 Å². The van der Waals surface area contributed by atoms with Crippen LogP contribution in [0, 0.1) is 19.7 Å². The van der Waals surface area contributed by atoms with E-state index in [1.165, 1.54) is 24.3 Å². The van der Waals surface area contributed by atoms with Crippen LogP contribution in [-0.4, -0.2) is 8.42 Å². The molecule has 5 heteroatoms. The highest BCUT2D eigenvalue weighted by Crippen LogP contribution is 2.20. The van der Waals surface area contributed by atoms with E-state index in [-0.39, 0.29) is 10.6 Å². The monoisotopic (exact) mass is 279 g/mol. The Morgan fingerprint density at radius 3 is 2.32 bits per heavy atom. The molecular formula is C14H14FNO2S. The summed E-state index contributed by atoms with van der Waals surface area (Å²) in [4.78, 5) is 0.191. The lowest BCUT2D eigenvalue weighted by Crippen LogP contribution is -2.14. The summed E-state index contributed by atoms with van der Waals surface area (Å²) in [6.45, 7) is 3.33. The van der Waals surface area contributed by atoms with Gasteiger partial charge in [-0.25, -0.2) is 12.8 Å². The van der Waals surface area contributed by atoms with Crippen LogP contribution in [0.15, 0.2) is 47.4 Å². The van der Waals surface area contributed by atoms with Gasteiger partial charge in [0.25, 0.3) is 10.0 Å². The van der Waals surface area contributed by atoms with Crippen LogP contribution < -0.4 is 4.72 Å². The summed E-state index contributed by atoms with van der Waals surface area (Å²) in [5.74, 6) is -0.440. The van der Waals surface area contributed by atoms with Gasteiger partial charge in [-0.15, -0.1) is 0 Å². The van der Waals surface area contributed by atoms with Crippen molar-refractivity contribution in [3.05, 3.63) is 59.4 Å². The minimum absolute atomic E-state index is 0.191. The molecule has 0 radical (unpaired) electrons. The molecule has 19 heavy (non-hydrogen) atoms. The van der Waals surface area contributed by atoms with E-state index >= 15 is 0 Å². The molecule has 0 aliphatic rings. The molecule has 2 aromatic carbocycles. The van der Waals surface area contributed by atoms with Crippen molar-refractivity contribution >= 4 is 15.7 Å². The first-order chi connectivity index (χ1) is 8.90. The molecular weight excluding hydrogens is 265 g/mol. The molecule has 1 N–H and O–H groups in total. The minimum atomic E-state index is -3.69. The van der Waals surface area contributed by atoms with Gasteiger partial charge in [0.2, 0.25) is 0 Å². The summed E-state index contributed by atoms with van der Waals surface area (Å²) in [6.07, 6.45) is 0. The molecule has 0 aliphatic carbocycles. The molecule has 0 unspecified atom stereocenters. The lowest BCUT2D eigenvalue weighted by Gasteiger charge is -2.10. The molecule has 0 aliphatic heterocycles. The normalized spacial score (nSPS) is 11.3. The molecule has 0 bridgehead atoms. The fraction of sp³-hybridized carbons (Fsp3) is 0.143. The molecule has 2 rings (SSSR count). The van der Waals surface area contributed by atoms with Crippen molar-refractivity contribution in [3.8, 4) is 0 Å². The van der Waals surface area contributed by atoms with Crippen LogP contribution in [0.1, 0.15) is 11.1 Å². The zero-order chi connectivity index (χ0) is 14.0. The lowest BCUT2D eigenvalue weighted by molar-refractivity contribution is 0.600. The van der Waals surface area contributed by atoms with E-state index in [1.807, 2.05) is 0 Å². The molecule has 0 heterocycles. The Hall–Kier alpha value is -1.88. The molecule has 100 valence electrons. The molecule has 0 aromatic heterocycles. The third-order valence-electron chi connectivity index (χ3n) is 2.81. The van der Waals surface area contributed by atoms with E-state index in [9.17, 15) is 12.8 Å². The van der Waals surface area contributed by atoms with Crippen molar-refractivity contribution in [2.75, 3.05) is 4.72 Å². The number of rotatable bonds is 3. The third-order valence-corrected chi connectivity index (χ3v) is 4.35. The molecule has 0 spiro atoms. The van der Waals surface area contributed by atoms with Gasteiger partial charge in [-0.1, -0.05) is 24.3 Å². The van der Waals surface area contributed by atoms with Crippen molar-refractivity contribution in [2.24, 2.45) is 0 Å². The van der Waals surface area contributed by atoms with Gasteiger partial charge in [0, 0.05) is 0 Å². The number of nitrogens with one attached hydrogen (secondary N) is 1. The Morgan fingerprint density at radius 2 is 1.68 bits per heavy atom. The standard InChI is InChI=1S/C14H14FNO2S/c1-10-7-8-12(9-13(10)15)16-19(17,18)14-6-4-3-5-11(14)2/h3-9,16H,1-2H3. The predicted octanol–water partition coefficient (Wildman–Crippen LogP) is 3.24. The second kappa shape index (κ2) is 5.01. The topological polar surface area (TPSA) is 46.2 Å². The predicted molar refractivity (Wildman–Crippen MR) is 73.1 cm³/mol. The number of sulfonamides is 1. The minimum Gasteiger partial charge on any atom is -0.280 e. The zero-order valence-electron chi connectivity index (χ0n) is 10.6. The highest BCUT2D eigenvalue weighted by molar-refractivity contribution is 7.92. The highest BCUT2D eigenvalue weighted by atomic mass is 32.2. The number of aryl methyl sites for hydroxylation is 2. The Bertz CT molecular complexity index is 711. The molecule has 0 fully saturated rings. The van der Waals surface area contributed by atoms with Gasteiger partial charge in [0.1, 0.15) is 5.82 Å².